The summed E-state index contributed by atoms with van der Waals surface area (Å²) in [4.78, 5) is 13.2. The average molecular weight is 206 g/mol. The maximum absolute atomic E-state index is 11.3. The lowest BCUT2D eigenvalue weighted by atomic mass is 10.1. The molecule has 0 aromatic carbocycles. The molecule has 1 aliphatic rings. The third kappa shape index (κ3) is 3.96. The standard InChI is InChI=1S/C9H16ClNO2/c10-4-7-13-8-6-11-5-2-1-3-9(11)12/h1-8H2. The molecule has 1 rings (SSSR count). The van der Waals surface area contributed by atoms with Gasteiger partial charge in [0.15, 0.2) is 0 Å². The highest BCUT2D eigenvalue weighted by Crippen LogP contribution is 2.09. The fraction of sp³-hybridized carbons (Fsp3) is 0.889. The number of rotatable bonds is 5. The molecule has 0 radical (unpaired) electrons. The van der Waals surface area contributed by atoms with Crippen LogP contribution in [0.2, 0.25) is 0 Å². The van der Waals surface area contributed by atoms with Crippen LogP contribution in [0.25, 0.3) is 0 Å². The lowest BCUT2D eigenvalue weighted by molar-refractivity contribution is -0.134. The molecule has 0 N–H and O–H groups in total. The van der Waals surface area contributed by atoms with Crippen LogP contribution in [0.15, 0.2) is 0 Å². The number of hydrogen-bond acceptors (Lipinski definition) is 2. The Hall–Kier alpha value is -0.280. The Morgan fingerprint density at radius 1 is 1.38 bits per heavy atom. The molecule has 1 saturated heterocycles. The van der Waals surface area contributed by atoms with Gasteiger partial charge in [-0.3, -0.25) is 4.79 Å². The molecular formula is C9H16ClNO2. The molecule has 1 heterocycles. The van der Waals surface area contributed by atoms with Gasteiger partial charge in [-0.25, -0.2) is 0 Å². The number of piperidine rings is 1. The van der Waals surface area contributed by atoms with Crippen LogP contribution in [0.5, 0.6) is 0 Å². The molecule has 4 heteroatoms. The van der Waals surface area contributed by atoms with Crippen LogP contribution in [0.3, 0.4) is 0 Å². The minimum absolute atomic E-state index is 0.265. The molecule has 0 aromatic rings. The summed E-state index contributed by atoms with van der Waals surface area (Å²) >= 11 is 5.45. The van der Waals surface area contributed by atoms with Crippen LogP contribution >= 0.6 is 11.6 Å². The first-order valence-corrected chi connectivity index (χ1v) is 5.29. The summed E-state index contributed by atoms with van der Waals surface area (Å²) in [6.07, 6.45) is 2.87. The zero-order chi connectivity index (χ0) is 9.52. The molecule has 0 aliphatic carbocycles. The van der Waals surface area contributed by atoms with Crippen molar-refractivity contribution in [1.29, 1.82) is 0 Å². The van der Waals surface area contributed by atoms with Crippen molar-refractivity contribution in [3.05, 3.63) is 0 Å². The van der Waals surface area contributed by atoms with Crippen molar-refractivity contribution in [2.24, 2.45) is 0 Å². The van der Waals surface area contributed by atoms with Crippen molar-refractivity contribution in [3.8, 4) is 0 Å². The molecular weight excluding hydrogens is 190 g/mol. The van der Waals surface area contributed by atoms with Crippen molar-refractivity contribution < 1.29 is 9.53 Å². The number of amides is 1. The summed E-state index contributed by atoms with van der Waals surface area (Å²) in [5.41, 5.74) is 0. The van der Waals surface area contributed by atoms with Crippen molar-refractivity contribution in [2.75, 3.05) is 32.2 Å². The second kappa shape index (κ2) is 6.22. The van der Waals surface area contributed by atoms with Crippen LogP contribution in [0.1, 0.15) is 19.3 Å². The van der Waals surface area contributed by atoms with Crippen molar-refractivity contribution in [2.45, 2.75) is 19.3 Å². The number of carbonyl (C=O) groups excluding carboxylic acids is 1. The van der Waals surface area contributed by atoms with Gasteiger partial charge in [0.25, 0.3) is 0 Å². The smallest absolute Gasteiger partial charge is 0.222 e. The Morgan fingerprint density at radius 3 is 2.92 bits per heavy atom. The van der Waals surface area contributed by atoms with E-state index in [9.17, 15) is 4.79 Å². The third-order valence-corrected chi connectivity index (χ3v) is 2.30. The summed E-state index contributed by atoms with van der Waals surface area (Å²) in [7, 11) is 0. The average Bonchev–Trinajstić information content (AvgIpc) is 2.15. The van der Waals surface area contributed by atoms with Gasteiger partial charge in [-0.05, 0) is 12.8 Å². The van der Waals surface area contributed by atoms with E-state index in [1.165, 1.54) is 0 Å². The predicted octanol–water partition coefficient (Wildman–Crippen LogP) is 1.25. The Labute approximate surface area is 84.0 Å². The van der Waals surface area contributed by atoms with E-state index in [2.05, 4.69) is 0 Å². The second-order valence-corrected chi connectivity index (χ2v) is 3.52. The zero-order valence-corrected chi connectivity index (χ0v) is 8.55. The lowest BCUT2D eigenvalue weighted by Crippen LogP contribution is -2.37. The van der Waals surface area contributed by atoms with E-state index in [1.54, 1.807) is 0 Å². The quantitative estimate of drug-likeness (QED) is 0.500. The Bertz CT molecular complexity index is 164. The van der Waals surface area contributed by atoms with Gasteiger partial charge in [-0.2, -0.15) is 0 Å². The Balaban J connectivity index is 2.08. The van der Waals surface area contributed by atoms with Crippen molar-refractivity contribution in [3.63, 3.8) is 0 Å². The third-order valence-electron chi connectivity index (χ3n) is 2.15. The molecule has 76 valence electrons. The second-order valence-electron chi connectivity index (χ2n) is 3.14. The van der Waals surface area contributed by atoms with E-state index in [0.29, 0.717) is 25.5 Å². The fourth-order valence-corrected chi connectivity index (χ4v) is 1.54. The van der Waals surface area contributed by atoms with Gasteiger partial charge >= 0.3 is 0 Å². The molecule has 1 aliphatic heterocycles. The molecule has 0 spiro atoms. The maximum atomic E-state index is 11.3. The van der Waals surface area contributed by atoms with Gasteiger partial charge in [0.1, 0.15) is 0 Å². The summed E-state index contributed by atoms with van der Waals surface area (Å²) < 4.78 is 5.21. The Kier molecular flexibility index (Phi) is 5.16. The highest BCUT2D eigenvalue weighted by Gasteiger charge is 2.16. The van der Waals surface area contributed by atoms with Gasteiger partial charge in [-0.1, -0.05) is 0 Å². The monoisotopic (exact) mass is 205 g/mol. The number of alkyl halides is 1. The van der Waals surface area contributed by atoms with Crippen LogP contribution in [-0.4, -0.2) is 43.0 Å². The van der Waals surface area contributed by atoms with Crippen molar-refractivity contribution >= 4 is 17.5 Å². The Morgan fingerprint density at radius 2 is 2.23 bits per heavy atom. The SMILES string of the molecule is O=C1CCCCN1CCOCCCl. The maximum Gasteiger partial charge on any atom is 0.222 e. The summed E-state index contributed by atoms with van der Waals surface area (Å²) in [5, 5.41) is 0. The first-order chi connectivity index (χ1) is 6.34. The minimum atomic E-state index is 0.265. The number of hydrogen-bond donors (Lipinski definition) is 0. The first kappa shape index (κ1) is 10.8. The van der Waals surface area contributed by atoms with Crippen LogP contribution in [-0.2, 0) is 9.53 Å². The van der Waals surface area contributed by atoms with E-state index in [-0.39, 0.29) is 5.91 Å². The molecule has 13 heavy (non-hydrogen) atoms. The number of ether oxygens (including phenoxy) is 1. The van der Waals surface area contributed by atoms with Gasteiger partial charge in [0.2, 0.25) is 5.91 Å². The van der Waals surface area contributed by atoms with Crippen LogP contribution in [0, 0.1) is 0 Å². The molecule has 0 aromatic heterocycles. The van der Waals surface area contributed by atoms with E-state index < -0.39 is 0 Å². The van der Waals surface area contributed by atoms with Gasteiger partial charge in [-0.15, -0.1) is 11.6 Å². The zero-order valence-electron chi connectivity index (χ0n) is 7.80. The van der Waals surface area contributed by atoms with Crippen LogP contribution < -0.4 is 0 Å². The van der Waals surface area contributed by atoms with Gasteiger partial charge in [0.05, 0.1) is 13.2 Å². The van der Waals surface area contributed by atoms with Crippen molar-refractivity contribution in [1.82, 2.24) is 4.90 Å². The largest absolute Gasteiger partial charge is 0.378 e. The summed E-state index contributed by atoms with van der Waals surface area (Å²) in [6, 6.07) is 0. The molecule has 1 amide bonds. The molecule has 0 saturated carbocycles. The topological polar surface area (TPSA) is 29.5 Å². The number of likely N-dealkylation sites (tertiary alicyclic amines) is 1. The number of carbonyl (C=O) groups is 1. The molecule has 0 unspecified atom stereocenters. The van der Waals surface area contributed by atoms with Crippen LogP contribution in [0.4, 0.5) is 0 Å². The van der Waals surface area contributed by atoms with E-state index >= 15 is 0 Å². The van der Waals surface area contributed by atoms with E-state index in [0.717, 1.165) is 25.9 Å². The van der Waals surface area contributed by atoms with E-state index in [1.807, 2.05) is 4.90 Å². The molecule has 1 fully saturated rings. The lowest BCUT2D eigenvalue weighted by Gasteiger charge is -2.26. The highest BCUT2D eigenvalue weighted by atomic mass is 35.5. The predicted molar refractivity (Wildman–Crippen MR) is 52.0 cm³/mol. The van der Waals surface area contributed by atoms with Gasteiger partial charge in [0, 0.05) is 25.4 Å². The molecule has 3 nitrogen and oxygen atoms in total. The van der Waals surface area contributed by atoms with Gasteiger partial charge < -0.3 is 9.64 Å². The fourth-order valence-electron chi connectivity index (χ4n) is 1.43. The molecule has 0 atom stereocenters. The highest BCUT2D eigenvalue weighted by molar-refractivity contribution is 6.17. The number of nitrogens with zero attached hydrogens (tertiary/aromatic N) is 1. The summed E-state index contributed by atoms with van der Waals surface area (Å²) in [6.45, 7) is 2.79. The number of halogens is 1. The summed E-state index contributed by atoms with van der Waals surface area (Å²) in [5.74, 6) is 0.786. The van der Waals surface area contributed by atoms with E-state index in [4.69, 9.17) is 16.3 Å². The first-order valence-electron chi connectivity index (χ1n) is 4.76. The minimum Gasteiger partial charge on any atom is -0.378 e. The molecule has 0 bridgehead atoms. The normalized spacial score (nSPS) is 17.9.